The molecule has 4 heteroatoms. The molecule has 1 saturated carbocycles. The number of amides is 1. The zero-order valence-electron chi connectivity index (χ0n) is 7.85. The molecule has 1 unspecified atom stereocenters. The van der Waals surface area contributed by atoms with E-state index in [4.69, 9.17) is 5.73 Å². The Kier molecular flexibility index (Phi) is 1.68. The largest absolute Gasteiger partial charge is 0.338 e. The highest BCUT2D eigenvalue weighted by molar-refractivity contribution is 5.89. The van der Waals surface area contributed by atoms with Gasteiger partial charge in [-0.25, -0.2) is 4.39 Å². The van der Waals surface area contributed by atoms with Gasteiger partial charge >= 0.3 is 0 Å². The van der Waals surface area contributed by atoms with Gasteiger partial charge in [-0.3, -0.25) is 4.79 Å². The Morgan fingerprint density at radius 3 is 2.46 bits per heavy atom. The molecule has 74 valence electrons. The summed E-state index contributed by atoms with van der Waals surface area (Å²) in [6, 6.07) is 0. The lowest BCUT2D eigenvalue weighted by atomic mass is 10.1. The molecule has 0 spiro atoms. The molecule has 2 fully saturated rings. The van der Waals surface area contributed by atoms with Crippen molar-refractivity contribution >= 4 is 5.91 Å². The quantitative estimate of drug-likeness (QED) is 0.645. The first-order chi connectivity index (χ1) is 5.93. The maximum absolute atomic E-state index is 13.4. The first kappa shape index (κ1) is 8.94. The van der Waals surface area contributed by atoms with E-state index in [0.29, 0.717) is 13.0 Å². The molecule has 2 N–H and O–H groups in total. The second kappa shape index (κ2) is 2.44. The highest BCUT2D eigenvalue weighted by Crippen LogP contribution is 2.36. The third-order valence-corrected chi connectivity index (χ3v) is 2.93. The molecule has 1 atom stereocenters. The Morgan fingerprint density at radius 1 is 1.46 bits per heavy atom. The van der Waals surface area contributed by atoms with E-state index in [-0.39, 0.29) is 12.5 Å². The first-order valence-corrected chi connectivity index (χ1v) is 4.70. The minimum atomic E-state index is -1.21. The molecular formula is C9H15FN2O. The van der Waals surface area contributed by atoms with Gasteiger partial charge in [0.1, 0.15) is 5.67 Å². The molecule has 2 rings (SSSR count). The number of hydrogen-bond acceptors (Lipinski definition) is 2. The van der Waals surface area contributed by atoms with E-state index >= 15 is 0 Å². The minimum Gasteiger partial charge on any atom is -0.338 e. The van der Waals surface area contributed by atoms with Crippen molar-refractivity contribution in [3.05, 3.63) is 0 Å². The molecule has 1 heterocycles. The Bertz CT molecular complexity index is 248. The molecule has 1 saturated heterocycles. The van der Waals surface area contributed by atoms with Crippen molar-refractivity contribution in [3.63, 3.8) is 0 Å². The highest BCUT2D eigenvalue weighted by atomic mass is 19.1. The lowest BCUT2D eigenvalue weighted by Crippen LogP contribution is -2.45. The van der Waals surface area contributed by atoms with Crippen LogP contribution in [0, 0.1) is 0 Å². The number of nitrogens with two attached hydrogens (primary N) is 1. The lowest BCUT2D eigenvalue weighted by Gasteiger charge is -2.20. The Hall–Kier alpha value is -0.640. The molecule has 1 aliphatic heterocycles. The van der Waals surface area contributed by atoms with E-state index in [1.54, 1.807) is 4.90 Å². The summed E-state index contributed by atoms with van der Waals surface area (Å²) in [6.07, 6.45) is 1.95. The summed E-state index contributed by atoms with van der Waals surface area (Å²) in [5.41, 5.74) is 3.90. The highest BCUT2D eigenvalue weighted by Gasteiger charge is 2.50. The lowest BCUT2D eigenvalue weighted by molar-refractivity contribution is -0.133. The van der Waals surface area contributed by atoms with Gasteiger partial charge in [-0.05, 0) is 19.8 Å². The first-order valence-electron chi connectivity index (χ1n) is 4.70. The molecule has 0 bridgehead atoms. The van der Waals surface area contributed by atoms with Gasteiger partial charge < -0.3 is 10.6 Å². The van der Waals surface area contributed by atoms with Gasteiger partial charge in [0.15, 0.2) is 0 Å². The SMILES string of the molecule is CC1(F)CCN(C(=O)C2(N)CC2)C1. The summed E-state index contributed by atoms with van der Waals surface area (Å²) < 4.78 is 13.4. The van der Waals surface area contributed by atoms with Crippen LogP contribution in [-0.2, 0) is 4.79 Å². The zero-order chi connectivity index (χ0) is 9.69. The van der Waals surface area contributed by atoms with Crippen LogP contribution in [0.15, 0.2) is 0 Å². The number of halogens is 1. The minimum absolute atomic E-state index is 0.0612. The average molecular weight is 186 g/mol. The topological polar surface area (TPSA) is 46.3 Å². The number of alkyl halides is 1. The van der Waals surface area contributed by atoms with Crippen molar-refractivity contribution in [1.82, 2.24) is 4.90 Å². The van der Waals surface area contributed by atoms with E-state index in [1.165, 1.54) is 6.92 Å². The zero-order valence-corrected chi connectivity index (χ0v) is 7.85. The second-order valence-electron chi connectivity index (χ2n) is 4.55. The fourth-order valence-corrected chi connectivity index (χ4v) is 1.76. The van der Waals surface area contributed by atoms with Gasteiger partial charge in [-0.2, -0.15) is 0 Å². The van der Waals surface area contributed by atoms with Crippen LogP contribution >= 0.6 is 0 Å². The summed E-state index contributed by atoms with van der Waals surface area (Å²) in [5, 5.41) is 0. The van der Waals surface area contributed by atoms with Crippen LogP contribution in [0.1, 0.15) is 26.2 Å². The van der Waals surface area contributed by atoms with Gasteiger partial charge in [-0.1, -0.05) is 0 Å². The van der Waals surface area contributed by atoms with Gasteiger partial charge in [0, 0.05) is 13.0 Å². The van der Waals surface area contributed by atoms with Crippen molar-refractivity contribution in [2.75, 3.05) is 13.1 Å². The molecule has 0 aromatic rings. The molecule has 1 aliphatic carbocycles. The number of nitrogens with zero attached hydrogens (tertiary/aromatic N) is 1. The van der Waals surface area contributed by atoms with Gasteiger partial charge in [0.05, 0.1) is 12.1 Å². The van der Waals surface area contributed by atoms with Crippen molar-refractivity contribution in [3.8, 4) is 0 Å². The summed E-state index contributed by atoms with van der Waals surface area (Å²) >= 11 is 0. The van der Waals surface area contributed by atoms with Gasteiger partial charge in [-0.15, -0.1) is 0 Å². The Labute approximate surface area is 77.1 Å². The van der Waals surface area contributed by atoms with Crippen LogP contribution in [0.25, 0.3) is 0 Å². The predicted octanol–water partition coefficient (Wildman–Crippen LogP) is 0.438. The molecule has 13 heavy (non-hydrogen) atoms. The fraction of sp³-hybridized carbons (Fsp3) is 0.889. The molecule has 1 amide bonds. The third kappa shape index (κ3) is 1.55. The normalized spacial score (nSPS) is 36.4. The Morgan fingerprint density at radius 2 is 2.08 bits per heavy atom. The second-order valence-corrected chi connectivity index (χ2v) is 4.55. The predicted molar refractivity (Wildman–Crippen MR) is 46.9 cm³/mol. The van der Waals surface area contributed by atoms with E-state index in [0.717, 1.165) is 12.8 Å². The van der Waals surface area contributed by atoms with Crippen LogP contribution in [0.2, 0.25) is 0 Å². The third-order valence-electron chi connectivity index (χ3n) is 2.93. The number of likely N-dealkylation sites (tertiary alicyclic amines) is 1. The number of hydrogen-bond donors (Lipinski definition) is 1. The average Bonchev–Trinajstić information content (AvgIpc) is 2.67. The molecule has 0 aromatic heterocycles. The molecular weight excluding hydrogens is 171 g/mol. The van der Waals surface area contributed by atoms with E-state index in [1.807, 2.05) is 0 Å². The number of rotatable bonds is 1. The number of carbonyl (C=O) groups is 1. The van der Waals surface area contributed by atoms with E-state index in [9.17, 15) is 9.18 Å². The summed E-state index contributed by atoms with van der Waals surface area (Å²) in [5.74, 6) is -0.0612. The van der Waals surface area contributed by atoms with Crippen molar-refractivity contribution in [2.24, 2.45) is 5.73 Å². The molecule has 3 nitrogen and oxygen atoms in total. The molecule has 2 aliphatic rings. The van der Waals surface area contributed by atoms with Gasteiger partial charge in [0.2, 0.25) is 5.91 Å². The Balaban J connectivity index is 2.00. The maximum Gasteiger partial charge on any atom is 0.242 e. The molecule has 0 radical (unpaired) electrons. The summed E-state index contributed by atoms with van der Waals surface area (Å²) in [4.78, 5) is 13.2. The van der Waals surface area contributed by atoms with E-state index < -0.39 is 11.2 Å². The maximum atomic E-state index is 13.4. The van der Waals surface area contributed by atoms with Crippen LogP contribution in [0.4, 0.5) is 4.39 Å². The number of carbonyl (C=O) groups excluding carboxylic acids is 1. The van der Waals surface area contributed by atoms with Crippen LogP contribution < -0.4 is 5.73 Å². The summed E-state index contributed by atoms with van der Waals surface area (Å²) in [7, 11) is 0. The smallest absolute Gasteiger partial charge is 0.242 e. The van der Waals surface area contributed by atoms with E-state index in [2.05, 4.69) is 0 Å². The van der Waals surface area contributed by atoms with Crippen LogP contribution in [-0.4, -0.2) is 35.1 Å². The van der Waals surface area contributed by atoms with Crippen LogP contribution in [0.3, 0.4) is 0 Å². The standard InChI is InChI=1S/C9H15FN2O/c1-8(10)4-5-12(6-8)7(13)9(11)2-3-9/h2-6,11H2,1H3. The van der Waals surface area contributed by atoms with Crippen molar-refractivity contribution in [2.45, 2.75) is 37.4 Å². The molecule has 0 aromatic carbocycles. The fourth-order valence-electron chi connectivity index (χ4n) is 1.76. The summed E-state index contributed by atoms with van der Waals surface area (Å²) in [6.45, 7) is 2.27. The monoisotopic (exact) mass is 186 g/mol. The van der Waals surface area contributed by atoms with Crippen molar-refractivity contribution < 1.29 is 9.18 Å². The van der Waals surface area contributed by atoms with Crippen LogP contribution in [0.5, 0.6) is 0 Å². The van der Waals surface area contributed by atoms with Crippen molar-refractivity contribution in [1.29, 1.82) is 0 Å². The van der Waals surface area contributed by atoms with Gasteiger partial charge in [0.25, 0.3) is 0 Å².